The van der Waals surface area contributed by atoms with E-state index >= 15 is 0 Å². The number of aryl methyl sites for hydroxylation is 1. The summed E-state index contributed by atoms with van der Waals surface area (Å²) in [5.74, 6) is 2.06. The van der Waals surface area contributed by atoms with Crippen molar-refractivity contribution in [2.75, 3.05) is 26.9 Å². The van der Waals surface area contributed by atoms with E-state index in [1.165, 1.54) is 0 Å². The predicted octanol–water partition coefficient (Wildman–Crippen LogP) is 3.54. The lowest BCUT2D eigenvalue weighted by Gasteiger charge is -2.30. The normalized spacial score (nSPS) is 14.5. The van der Waals surface area contributed by atoms with Crippen LogP contribution in [0.3, 0.4) is 0 Å². The highest BCUT2D eigenvalue weighted by Gasteiger charge is 2.28. The van der Waals surface area contributed by atoms with Gasteiger partial charge in [0, 0.05) is 37.2 Å². The maximum atomic E-state index is 13.2. The summed E-state index contributed by atoms with van der Waals surface area (Å²) in [7, 11) is 3.63. The van der Waals surface area contributed by atoms with Crippen LogP contribution in [0.4, 0.5) is 4.39 Å². The Hall–Kier alpha value is -4.18. The van der Waals surface area contributed by atoms with Gasteiger partial charge >= 0.3 is 0 Å². The first-order valence-corrected chi connectivity index (χ1v) is 12.1. The molecule has 5 aromatic rings. The summed E-state index contributed by atoms with van der Waals surface area (Å²) in [5.41, 5.74) is 10.8. The molecule has 0 aliphatic carbocycles. The van der Waals surface area contributed by atoms with Crippen molar-refractivity contribution in [3.63, 3.8) is 0 Å². The van der Waals surface area contributed by atoms with Crippen molar-refractivity contribution in [1.29, 1.82) is 0 Å². The van der Waals surface area contributed by atoms with E-state index in [1.807, 2.05) is 48.0 Å². The van der Waals surface area contributed by atoms with Gasteiger partial charge in [0.05, 0.1) is 48.1 Å². The number of halogens is 1. The second-order valence-corrected chi connectivity index (χ2v) is 9.40. The number of fused-ring (bicyclic) bond motifs is 3. The maximum Gasteiger partial charge on any atom is 0.254 e. The van der Waals surface area contributed by atoms with Crippen molar-refractivity contribution in [1.82, 2.24) is 24.2 Å². The Morgan fingerprint density at radius 2 is 2.11 bits per heavy atom. The maximum absolute atomic E-state index is 13.2. The lowest BCUT2D eigenvalue weighted by atomic mass is 9.97. The van der Waals surface area contributed by atoms with Gasteiger partial charge in [-0.15, -0.1) is 0 Å². The molecule has 0 bridgehead atoms. The van der Waals surface area contributed by atoms with Gasteiger partial charge in [0.25, 0.3) is 5.91 Å². The Bertz CT molecular complexity index is 1620. The topological polar surface area (TPSA) is 104 Å². The molecule has 10 heteroatoms. The van der Waals surface area contributed by atoms with Gasteiger partial charge in [-0.1, -0.05) is 17.3 Å². The molecule has 2 N–H and O–H groups in total. The lowest BCUT2D eigenvalue weighted by molar-refractivity contribution is 0.0725. The van der Waals surface area contributed by atoms with E-state index in [4.69, 9.17) is 20.0 Å². The molecule has 6 rings (SSSR count). The van der Waals surface area contributed by atoms with Gasteiger partial charge in [-0.05, 0) is 36.2 Å². The van der Waals surface area contributed by atoms with Gasteiger partial charge in [-0.2, -0.15) is 0 Å². The summed E-state index contributed by atoms with van der Waals surface area (Å²) < 4.78 is 28.2. The van der Waals surface area contributed by atoms with Crippen LogP contribution in [0.5, 0.6) is 5.75 Å². The number of imidazole rings is 1. The van der Waals surface area contributed by atoms with Crippen LogP contribution in [0.15, 0.2) is 53.2 Å². The van der Waals surface area contributed by atoms with Crippen molar-refractivity contribution in [2.45, 2.75) is 19.0 Å². The highest BCUT2D eigenvalue weighted by atomic mass is 19.1. The quantitative estimate of drug-likeness (QED) is 0.365. The molecule has 1 aliphatic heterocycles. The van der Waals surface area contributed by atoms with E-state index in [-0.39, 0.29) is 12.5 Å². The molecule has 0 saturated carbocycles. The number of carbonyl (C=O) groups is 1. The number of nitrogens with zero attached hydrogens (tertiary/aromatic N) is 5. The molecule has 190 valence electrons. The minimum Gasteiger partial charge on any atom is -0.495 e. The first kappa shape index (κ1) is 23.2. The van der Waals surface area contributed by atoms with Crippen molar-refractivity contribution in [3.05, 3.63) is 65.5 Å². The van der Waals surface area contributed by atoms with Gasteiger partial charge in [0.1, 0.15) is 12.4 Å². The summed E-state index contributed by atoms with van der Waals surface area (Å²) in [4.78, 5) is 19.8. The Morgan fingerprint density at radius 3 is 2.86 bits per heavy atom. The van der Waals surface area contributed by atoms with Crippen LogP contribution in [-0.2, 0) is 20.0 Å². The van der Waals surface area contributed by atoms with Gasteiger partial charge in [-0.25, -0.2) is 9.37 Å². The van der Waals surface area contributed by atoms with E-state index in [1.54, 1.807) is 18.2 Å². The number of para-hydroxylation sites is 1. The van der Waals surface area contributed by atoms with Gasteiger partial charge < -0.3 is 29.0 Å². The standard InChI is InChI=1S/C27H27FN6O3/c1-32-22-10-16-7-9-33(14-18(29)13-28)27(35)20(16)12-21(22)31-26(32)23-11-17-4-3-5-24(36-2)25(17)34(23)15-19-6-8-30-37-19/h3-6,8,10-12,18H,7,9,13-15,29H2,1-2H3/t18-/m1/s1. The Balaban J connectivity index is 1.49. The number of nitrogens with two attached hydrogens (primary N) is 1. The van der Waals surface area contributed by atoms with E-state index in [0.29, 0.717) is 36.4 Å². The molecule has 0 spiro atoms. The van der Waals surface area contributed by atoms with Crippen LogP contribution in [-0.4, -0.2) is 63.0 Å². The second kappa shape index (κ2) is 9.04. The number of amides is 1. The third-order valence-electron chi connectivity index (χ3n) is 7.06. The molecule has 1 aliphatic rings. The highest BCUT2D eigenvalue weighted by Crippen LogP contribution is 2.36. The molecule has 9 nitrogen and oxygen atoms in total. The van der Waals surface area contributed by atoms with Gasteiger partial charge in [-0.3, -0.25) is 4.79 Å². The zero-order valence-corrected chi connectivity index (χ0v) is 20.6. The average Bonchev–Trinajstić information content (AvgIpc) is 3.63. The van der Waals surface area contributed by atoms with E-state index in [9.17, 15) is 9.18 Å². The van der Waals surface area contributed by atoms with Crippen molar-refractivity contribution in [3.8, 4) is 17.3 Å². The molecule has 0 saturated heterocycles. The minimum absolute atomic E-state index is 0.136. The lowest BCUT2D eigenvalue weighted by Crippen LogP contribution is -2.45. The Kier molecular flexibility index (Phi) is 5.68. The number of hydrogen-bond donors (Lipinski definition) is 1. The minimum atomic E-state index is -0.682. The summed E-state index contributed by atoms with van der Waals surface area (Å²) in [6.45, 7) is 0.498. The third kappa shape index (κ3) is 3.84. The number of benzene rings is 2. The zero-order valence-electron chi connectivity index (χ0n) is 20.6. The van der Waals surface area contributed by atoms with Crippen LogP contribution in [0, 0.1) is 0 Å². The first-order valence-electron chi connectivity index (χ1n) is 12.1. The fourth-order valence-electron chi connectivity index (χ4n) is 5.23. The van der Waals surface area contributed by atoms with Gasteiger partial charge in [0.2, 0.25) is 0 Å². The monoisotopic (exact) mass is 502 g/mol. The fourth-order valence-corrected chi connectivity index (χ4v) is 5.23. The van der Waals surface area contributed by atoms with E-state index in [2.05, 4.69) is 15.8 Å². The molecule has 0 unspecified atom stereocenters. The van der Waals surface area contributed by atoms with Crippen molar-refractivity contribution < 1.29 is 18.4 Å². The number of hydrogen-bond acceptors (Lipinski definition) is 6. The molecule has 3 aromatic heterocycles. The third-order valence-corrected chi connectivity index (χ3v) is 7.06. The van der Waals surface area contributed by atoms with Crippen LogP contribution in [0.25, 0.3) is 33.5 Å². The summed E-state index contributed by atoms with van der Waals surface area (Å²) in [6.07, 6.45) is 2.30. The van der Waals surface area contributed by atoms with Gasteiger partial charge in [0.15, 0.2) is 11.6 Å². The van der Waals surface area contributed by atoms with Crippen LogP contribution in [0.1, 0.15) is 21.7 Å². The summed E-state index contributed by atoms with van der Waals surface area (Å²) >= 11 is 0. The number of rotatable bonds is 7. The molecule has 0 fully saturated rings. The molecular formula is C27H27FN6O3. The number of carbonyl (C=O) groups excluding carboxylic acids is 1. The molecule has 1 atom stereocenters. The fraction of sp³-hybridized carbons (Fsp3) is 0.296. The van der Waals surface area contributed by atoms with Crippen molar-refractivity contribution >= 4 is 27.8 Å². The smallest absolute Gasteiger partial charge is 0.254 e. The number of ether oxygens (including phenoxy) is 1. The van der Waals surface area contributed by atoms with Crippen LogP contribution in [0.2, 0.25) is 0 Å². The van der Waals surface area contributed by atoms with Crippen LogP contribution >= 0.6 is 0 Å². The second-order valence-electron chi connectivity index (χ2n) is 9.40. The number of methoxy groups -OCH3 is 1. The largest absolute Gasteiger partial charge is 0.495 e. The molecule has 4 heterocycles. The summed E-state index contributed by atoms with van der Waals surface area (Å²) in [5, 5.41) is 4.87. The molecule has 0 radical (unpaired) electrons. The Labute approximate surface area is 212 Å². The van der Waals surface area contributed by atoms with Crippen LogP contribution < -0.4 is 10.5 Å². The molecular weight excluding hydrogens is 475 g/mol. The highest BCUT2D eigenvalue weighted by molar-refractivity contribution is 6.01. The average molecular weight is 503 g/mol. The first-order chi connectivity index (χ1) is 18.0. The predicted molar refractivity (Wildman–Crippen MR) is 137 cm³/mol. The Morgan fingerprint density at radius 1 is 1.24 bits per heavy atom. The number of alkyl halides is 1. The van der Waals surface area contributed by atoms with E-state index < -0.39 is 12.7 Å². The molecule has 2 aromatic carbocycles. The number of aromatic nitrogens is 4. The van der Waals surface area contributed by atoms with E-state index in [0.717, 1.165) is 39.3 Å². The zero-order chi connectivity index (χ0) is 25.7. The molecule has 1 amide bonds. The van der Waals surface area contributed by atoms with Crippen molar-refractivity contribution in [2.24, 2.45) is 12.8 Å². The SMILES string of the molecule is COc1cccc2cc(-c3nc4cc5c(cc4n3C)CCN(C[C@H](N)CF)C5=O)n(Cc3ccno3)c12. The molecule has 37 heavy (non-hydrogen) atoms. The summed E-state index contributed by atoms with van der Waals surface area (Å²) in [6, 6.07) is 13.0.